The third-order valence-corrected chi connectivity index (χ3v) is 2.61. The molecular weight excluding hydrogens is 250 g/mol. The van der Waals surface area contributed by atoms with Crippen LogP contribution >= 0.6 is 11.6 Å². The van der Waals surface area contributed by atoms with Gasteiger partial charge in [-0.25, -0.2) is 0 Å². The fraction of sp³-hybridized carbons (Fsp3) is 0.0769. The fourth-order valence-electron chi connectivity index (χ4n) is 1.49. The molecule has 0 spiro atoms. The van der Waals surface area contributed by atoms with Gasteiger partial charge in [0.1, 0.15) is 5.69 Å². The monoisotopic (exact) mass is 259 g/mol. The number of carbonyl (C=O) groups excluding carboxylic acids is 1. The van der Waals surface area contributed by atoms with Crippen molar-refractivity contribution in [2.75, 3.05) is 5.32 Å². The van der Waals surface area contributed by atoms with Crippen molar-refractivity contribution in [3.63, 3.8) is 0 Å². The second kappa shape index (κ2) is 5.39. The Hall–Kier alpha value is -2.25. The normalized spacial score (nSPS) is 9.78. The predicted molar refractivity (Wildman–Crippen MR) is 69.5 cm³/mol. The van der Waals surface area contributed by atoms with Gasteiger partial charge >= 0.3 is 0 Å². The van der Waals surface area contributed by atoms with E-state index >= 15 is 0 Å². The van der Waals surface area contributed by atoms with Crippen LogP contribution in [-0.2, 0) is 6.42 Å². The van der Waals surface area contributed by atoms with Crippen molar-refractivity contribution < 1.29 is 4.79 Å². The van der Waals surface area contributed by atoms with E-state index in [0.29, 0.717) is 22.8 Å². The van der Waals surface area contributed by atoms with Gasteiger partial charge in [-0.2, -0.15) is 5.26 Å². The molecule has 18 heavy (non-hydrogen) atoms. The van der Waals surface area contributed by atoms with Crippen molar-refractivity contribution in [2.24, 2.45) is 0 Å². The van der Waals surface area contributed by atoms with Crippen LogP contribution in [0.5, 0.6) is 0 Å². The Kier molecular flexibility index (Phi) is 3.66. The number of nitriles is 1. The molecule has 4 nitrogen and oxygen atoms in total. The molecule has 0 radical (unpaired) electrons. The molecule has 90 valence electrons. The van der Waals surface area contributed by atoms with Gasteiger partial charge in [0, 0.05) is 11.9 Å². The zero-order valence-electron chi connectivity index (χ0n) is 9.40. The van der Waals surface area contributed by atoms with E-state index in [1.807, 2.05) is 0 Å². The van der Waals surface area contributed by atoms with Crippen LogP contribution in [0.3, 0.4) is 0 Å². The van der Waals surface area contributed by atoms with E-state index in [2.05, 4.69) is 16.4 Å². The quantitative estimate of drug-likeness (QED) is 0.890. The number of amides is 1. The summed E-state index contributed by atoms with van der Waals surface area (Å²) in [5, 5.41) is 11.8. The van der Waals surface area contributed by atoms with Gasteiger partial charge in [-0.05, 0) is 23.8 Å². The number of aromatic nitrogens is 1. The first-order valence-corrected chi connectivity index (χ1v) is 5.68. The van der Waals surface area contributed by atoms with Crippen LogP contribution in [0.1, 0.15) is 16.1 Å². The van der Waals surface area contributed by atoms with Gasteiger partial charge in [-0.1, -0.05) is 23.7 Å². The van der Waals surface area contributed by atoms with E-state index in [0.717, 1.165) is 5.56 Å². The minimum atomic E-state index is -0.255. The molecule has 0 aliphatic heterocycles. The molecule has 0 aliphatic rings. The molecule has 1 aromatic heterocycles. The summed E-state index contributed by atoms with van der Waals surface area (Å²) in [6.45, 7) is 0. The Balaban J connectivity index is 2.05. The van der Waals surface area contributed by atoms with Crippen molar-refractivity contribution in [3.05, 3.63) is 52.8 Å². The maximum absolute atomic E-state index is 11.8. The smallest absolute Gasteiger partial charge is 0.272 e. The molecular formula is C13H10ClN3O. The van der Waals surface area contributed by atoms with Crippen LogP contribution in [0.4, 0.5) is 5.69 Å². The van der Waals surface area contributed by atoms with Gasteiger partial charge in [0.15, 0.2) is 0 Å². The maximum Gasteiger partial charge on any atom is 0.272 e. The molecule has 0 aliphatic carbocycles. The molecule has 0 bridgehead atoms. The Morgan fingerprint density at radius 1 is 1.39 bits per heavy atom. The largest absolute Gasteiger partial charge is 0.356 e. The Bertz CT molecular complexity index is 595. The second-order valence-corrected chi connectivity index (χ2v) is 4.15. The Morgan fingerprint density at radius 3 is 2.67 bits per heavy atom. The molecule has 0 unspecified atom stereocenters. The molecule has 2 aromatic rings. The number of anilines is 1. The lowest BCUT2D eigenvalue weighted by Crippen LogP contribution is -2.12. The zero-order valence-corrected chi connectivity index (χ0v) is 10.2. The zero-order chi connectivity index (χ0) is 13.0. The van der Waals surface area contributed by atoms with E-state index in [4.69, 9.17) is 16.9 Å². The number of rotatable bonds is 3. The molecule has 1 amide bonds. The first kappa shape index (κ1) is 12.2. The van der Waals surface area contributed by atoms with Crippen molar-refractivity contribution in [1.29, 1.82) is 5.26 Å². The van der Waals surface area contributed by atoms with Gasteiger partial charge in [-0.15, -0.1) is 0 Å². The van der Waals surface area contributed by atoms with Crippen molar-refractivity contribution >= 4 is 23.2 Å². The van der Waals surface area contributed by atoms with E-state index in [1.165, 1.54) is 0 Å². The SMILES string of the molecule is N#CCc1ccc(NC(=O)c2cc(Cl)c[nH]2)cc1. The Morgan fingerprint density at radius 2 is 2.11 bits per heavy atom. The number of hydrogen-bond acceptors (Lipinski definition) is 2. The molecule has 2 N–H and O–H groups in total. The van der Waals surface area contributed by atoms with Gasteiger partial charge in [0.25, 0.3) is 5.91 Å². The topological polar surface area (TPSA) is 68.7 Å². The summed E-state index contributed by atoms with van der Waals surface area (Å²) in [6.07, 6.45) is 1.91. The number of carbonyl (C=O) groups is 1. The average Bonchev–Trinajstić information content (AvgIpc) is 2.79. The van der Waals surface area contributed by atoms with E-state index < -0.39 is 0 Å². The number of nitrogens with zero attached hydrogens (tertiary/aromatic N) is 1. The first-order chi connectivity index (χ1) is 8.69. The summed E-state index contributed by atoms with van der Waals surface area (Å²) < 4.78 is 0. The van der Waals surface area contributed by atoms with Gasteiger partial charge in [-0.3, -0.25) is 4.79 Å². The third-order valence-electron chi connectivity index (χ3n) is 2.39. The third kappa shape index (κ3) is 2.90. The van der Waals surface area contributed by atoms with Crippen LogP contribution in [0, 0.1) is 11.3 Å². The average molecular weight is 260 g/mol. The lowest BCUT2D eigenvalue weighted by atomic mass is 10.1. The van der Waals surface area contributed by atoms with Crippen LogP contribution in [-0.4, -0.2) is 10.9 Å². The van der Waals surface area contributed by atoms with Crippen LogP contribution in [0.2, 0.25) is 5.02 Å². The predicted octanol–water partition coefficient (Wildman–Crippen LogP) is 2.99. The summed E-state index contributed by atoms with van der Waals surface area (Å²) in [6, 6.07) is 10.8. The highest BCUT2D eigenvalue weighted by molar-refractivity contribution is 6.31. The molecule has 0 fully saturated rings. The number of H-pyrrole nitrogens is 1. The molecule has 2 rings (SSSR count). The molecule has 5 heteroatoms. The van der Waals surface area contributed by atoms with Crippen LogP contribution < -0.4 is 5.32 Å². The first-order valence-electron chi connectivity index (χ1n) is 5.30. The molecule has 0 atom stereocenters. The minimum absolute atomic E-state index is 0.255. The van der Waals surface area contributed by atoms with Crippen LogP contribution in [0.15, 0.2) is 36.5 Å². The summed E-state index contributed by atoms with van der Waals surface area (Å²) in [5.41, 5.74) is 1.99. The van der Waals surface area contributed by atoms with Gasteiger partial charge in [0.05, 0.1) is 17.5 Å². The summed E-state index contributed by atoms with van der Waals surface area (Å²) in [4.78, 5) is 14.6. The van der Waals surface area contributed by atoms with E-state index in [-0.39, 0.29) is 5.91 Å². The second-order valence-electron chi connectivity index (χ2n) is 3.72. The van der Waals surface area contributed by atoms with E-state index in [1.54, 1.807) is 36.5 Å². The van der Waals surface area contributed by atoms with Crippen molar-refractivity contribution in [2.45, 2.75) is 6.42 Å². The standard InChI is InChI=1S/C13H10ClN3O/c14-10-7-12(16-8-10)13(18)17-11-3-1-9(2-4-11)5-6-15/h1-4,7-8,16H,5H2,(H,17,18). The lowest BCUT2D eigenvalue weighted by molar-refractivity contribution is 0.102. The molecule has 0 saturated carbocycles. The molecule has 0 saturated heterocycles. The summed E-state index contributed by atoms with van der Waals surface area (Å²) in [7, 11) is 0. The number of aromatic amines is 1. The van der Waals surface area contributed by atoms with Crippen molar-refractivity contribution in [3.8, 4) is 6.07 Å². The van der Waals surface area contributed by atoms with E-state index in [9.17, 15) is 4.79 Å². The fourth-order valence-corrected chi connectivity index (χ4v) is 1.66. The van der Waals surface area contributed by atoms with Crippen LogP contribution in [0.25, 0.3) is 0 Å². The highest BCUT2D eigenvalue weighted by Crippen LogP contribution is 2.13. The molecule has 1 aromatic carbocycles. The number of hydrogen-bond donors (Lipinski definition) is 2. The highest BCUT2D eigenvalue weighted by Gasteiger charge is 2.08. The summed E-state index contributed by atoms with van der Waals surface area (Å²) in [5.74, 6) is -0.255. The number of halogens is 1. The lowest BCUT2D eigenvalue weighted by Gasteiger charge is -2.04. The van der Waals surface area contributed by atoms with Gasteiger partial charge in [0.2, 0.25) is 0 Å². The van der Waals surface area contributed by atoms with Gasteiger partial charge < -0.3 is 10.3 Å². The summed E-state index contributed by atoms with van der Waals surface area (Å²) >= 11 is 5.72. The Labute approximate surface area is 109 Å². The number of benzene rings is 1. The highest BCUT2D eigenvalue weighted by atomic mass is 35.5. The maximum atomic E-state index is 11.8. The molecule has 1 heterocycles. The van der Waals surface area contributed by atoms with Crippen molar-refractivity contribution in [1.82, 2.24) is 4.98 Å². The minimum Gasteiger partial charge on any atom is -0.356 e. The number of nitrogens with one attached hydrogen (secondary N) is 2.